The number of hydroxylamine groups is 2. The molecule has 174 valence electrons. The van der Waals surface area contributed by atoms with Crippen LogP contribution in [0.5, 0.6) is 0 Å². The molecule has 7 heteroatoms. The third-order valence-corrected chi connectivity index (χ3v) is 13.6. The first-order valence-electron chi connectivity index (χ1n) is 11.7. The fraction of sp³-hybridized carbons (Fsp3) is 0.708. The van der Waals surface area contributed by atoms with Gasteiger partial charge in [0.25, 0.3) is 0 Å². The zero-order chi connectivity index (χ0) is 22.8. The number of carbonyl (C=O) groups excluding carboxylic acids is 1. The maximum Gasteiger partial charge on any atom is 0.326 e. The van der Waals surface area contributed by atoms with Crippen molar-refractivity contribution in [2.24, 2.45) is 5.92 Å². The first kappa shape index (κ1) is 25.1. The minimum Gasteiger partial charge on any atom is -0.464 e. The highest BCUT2D eigenvalue weighted by molar-refractivity contribution is 14.1. The number of fused-ring (bicyclic) bond motifs is 1. The van der Waals surface area contributed by atoms with Gasteiger partial charge in [-0.3, -0.25) is 9.63 Å². The van der Waals surface area contributed by atoms with Crippen molar-refractivity contribution >= 4 is 36.9 Å². The SMILES string of the molecule is CCCC[Si](O[C@H](C)[C@@H]1ON(Cc2ccc(I)cc2)[C@H]2C(=O)OC[C@@H]12)(C(C)C)C(C)C. The number of halogens is 1. The maximum absolute atomic E-state index is 12.5. The Morgan fingerprint density at radius 2 is 1.81 bits per heavy atom. The molecule has 2 aliphatic rings. The van der Waals surface area contributed by atoms with Gasteiger partial charge in [0.05, 0.1) is 25.2 Å². The number of hydrogen-bond donors (Lipinski definition) is 0. The highest BCUT2D eigenvalue weighted by Crippen LogP contribution is 2.43. The standard InChI is InChI=1S/C24H38INO4Si/c1-7-8-13-31(16(2)3,17(4)5)30-18(6)23-21-15-28-24(27)22(21)26(29-23)14-19-9-11-20(25)12-10-19/h9-12,16-18,21-23H,7-8,13-15H2,1-6H3/t18-,21-,22-,23+/m1/s1. The van der Waals surface area contributed by atoms with Crippen molar-refractivity contribution in [2.75, 3.05) is 6.61 Å². The minimum absolute atomic E-state index is 0.0172. The Hall–Kier alpha value is -0.483. The lowest BCUT2D eigenvalue weighted by Gasteiger charge is -2.42. The number of hydrogen-bond acceptors (Lipinski definition) is 5. The number of nitrogens with zero attached hydrogens (tertiary/aromatic N) is 1. The Morgan fingerprint density at radius 3 is 2.39 bits per heavy atom. The molecule has 0 spiro atoms. The van der Waals surface area contributed by atoms with E-state index in [0.717, 1.165) is 5.56 Å². The number of cyclic esters (lactones) is 1. The molecule has 0 amide bonds. The van der Waals surface area contributed by atoms with Gasteiger partial charge in [0.1, 0.15) is 12.1 Å². The van der Waals surface area contributed by atoms with Gasteiger partial charge in [-0.05, 0) is 64.3 Å². The number of unbranched alkanes of at least 4 members (excludes halogenated alkanes) is 1. The third kappa shape index (κ3) is 5.37. The van der Waals surface area contributed by atoms with E-state index >= 15 is 0 Å². The Labute approximate surface area is 202 Å². The summed E-state index contributed by atoms with van der Waals surface area (Å²) in [5, 5.41) is 1.84. The van der Waals surface area contributed by atoms with Crippen molar-refractivity contribution in [2.45, 2.75) is 96.3 Å². The number of esters is 1. The van der Waals surface area contributed by atoms with E-state index in [9.17, 15) is 4.79 Å². The molecule has 0 N–H and O–H groups in total. The van der Waals surface area contributed by atoms with Crippen LogP contribution in [0.15, 0.2) is 24.3 Å². The molecule has 3 rings (SSSR count). The molecular weight excluding hydrogens is 521 g/mol. The van der Waals surface area contributed by atoms with E-state index in [0.29, 0.717) is 24.2 Å². The van der Waals surface area contributed by atoms with E-state index < -0.39 is 8.32 Å². The highest BCUT2D eigenvalue weighted by atomic mass is 127. The Balaban J connectivity index is 1.79. The lowest BCUT2D eigenvalue weighted by molar-refractivity contribution is -0.200. The van der Waals surface area contributed by atoms with Crippen LogP contribution < -0.4 is 0 Å². The van der Waals surface area contributed by atoms with Gasteiger partial charge in [0, 0.05) is 3.57 Å². The minimum atomic E-state index is -1.99. The van der Waals surface area contributed by atoms with Crippen LogP contribution in [-0.4, -0.2) is 44.2 Å². The summed E-state index contributed by atoms with van der Waals surface area (Å²) in [5.41, 5.74) is 2.19. The molecule has 2 saturated heterocycles. The number of rotatable bonds is 10. The topological polar surface area (TPSA) is 48.0 Å². The molecule has 2 heterocycles. The van der Waals surface area contributed by atoms with Crippen molar-refractivity contribution in [1.82, 2.24) is 5.06 Å². The maximum atomic E-state index is 12.5. The first-order chi connectivity index (χ1) is 14.7. The van der Waals surface area contributed by atoms with Gasteiger partial charge in [-0.2, -0.15) is 5.06 Å². The van der Waals surface area contributed by atoms with E-state index in [1.54, 1.807) is 0 Å². The van der Waals surface area contributed by atoms with Crippen LogP contribution >= 0.6 is 22.6 Å². The van der Waals surface area contributed by atoms with Crippen molar-refractivity contribution in [3.8, 4) is 0 Å². The summed E-state index contributed by atoms with van der Waals surface area (Å²) < 4.78 is 13.7. The molecule has 0 aliphatic carbocycles. The average molecular weight is 560 g/mol. The highest BCUT2D eigenvalue weighted by Gasteiger charge is 2.56. The number of carbonyl (C=O) groups is 1. The Morgan fingerprint density at radius 1 is 1.16 bits per heavy atom. The molecule has 31 heavy (non-hydrogen) atoms. The van der Waals surface area contributed by atoms with Crippen LogP contribution in [0.25, 0.3) is 0 Å². The molecular formula is C24H38INO4Si. The van der Waals surface area contributed by atoms with E-state index in [4.69, 9.17) is 14.0 Å². The molecule has 2 fully saturated rings. The fourth-order valence-electron chi connectivity index (χ4n) is 5.22. The van der Waals surface area contributed by atoms with Crippen LogP contribution in [0, 0.1) is 9.49 Å². The molecule has 0 radical (unpaired) electrons. The van der Waals surface area contributed by atoms with Gasteiger partial charge >= 0.3 is 5.97 Å². The summed E-state index contributed by atoms with van der Waals surface area (Å²) in [6.07, 6.45) is 2.15. The molecule has 1 aromatic rings. The lowest BCUT2D eigenvalue weighted by Crippen LogP contribution is -2.50. The van der Waals surface area contributed by atoms with Crippen LogP contribution in [-0.2, 0) is 25.3 Å². The van der Waals surface area contributed by atoms with Crippen molar-refractivity contribution in [3.05, 3.63) is 33.4 Å². The average Bonchev–Trinajstić information content (AvgIpc) is 3.27. The first-order valence-corrected chi connectivity index (χ1v) is 15.1. The largest absolute Gasteiger partial charge is 0.464 e. The van der Waals surface area contributed by atoms with Crippen molar-refractivity contribution < 1.29 is 18.8 Å². The van der Waals surface area contributed by atoms with Gasteiger partial charge in [0.15, 0.2) is 8.32 Å². The molecule has 0 bridgehead atoms. The van der Waals surface area contributed by atoms with E-state index in [1.165, 1.54) is 22.5 Å². The van der Waals surface area contributed by atoms with Gasteiger partial charge < -0.3 is 9.16 Å². The summed E-state index contributed by atoms with van der Waals surface area (Å²) in [4.78, 5) is 19.0. The van der Waals surface area contributed by atoms with Gasteiger partial charge in [0.2, 0.25) is 0 Å². The van der Waals surface area contributed by atoms with Gasteiger partial charge in [-0.1, -0.05) is 59.6 Å². The quantitative estimate of drug-likeness (QED) is 0.202. The molecule has 2 aliphatic heterocycles. The van der Waals surface area contributed by atoms with Gasteiger partial charge in [-0.25, -0.2) is 0 Å². The monoisotopic (exact) mass is 559 g/mol. The van der Waals surface area contributed by atoms with Crippen molar-refractivity contribution in [3.63, 3.8) is 0 Å². The summed E-state index contributed by atoms with van der Waals surface area (Å²) >= 11 is 2.30. The van der Waals surface area contributed by atoms with E-state index in [-0.39, 0.29) is 30.1 Å². The molecule has 1 aromatic carbocycles. The van der Waals surface area contributed by atoms with Crippen LogP contribution in [0.3, 0.4) is 0 Å². The lowest BCUT2D eigenvalue weighted by atomic mass is 9.95. The fourth-order valence-corrected chi connectivity index (χ4v) is 10.5. The van der Waals surface area contributed by atoms with Gasteiger partial charge in [-0.15, -0.1) is 0 Å². The molecule has 0 unspecified atom stereocenters. The molecule has 4 atom stereocenters. The second kappa shape index (κ2) is 10.6. The number of benzene rings is 1. The summed E-state index contributed by atoms with van der Waals surface area (Å²) in [5.74, 6) is -0.157. The Kier molecular flexibility index (Phi) is 8.62. The second-order valence-electron chi connectivity index (χ2n) is 9.70. The van der Waals surface area contributed by atoms with Crippen LogP contribution in [0.2, 0.25) is 17.1 Å². The summed E-state index contributed by atoms with van der Waals surface area (Å²) in [7, 11) is -1.99. The predicted molar refractivity (Wildman–Crippen MR) is 134 cm³/mol. The zero-order valence-electron chi connectivity index (χ0n) is 19.8. The van der Waals surface area contributed by atoms with E-state index in [2.05, 4.69) is 88.4 Å². The third-order valence-electron chi connectivity index (χ3n) is 7.05. The van der Waals surface area contributed by atoms with Crippen molar-refractivity contribution in [1.29, 1.82) is 0 Å². The molecule has 0 aromatic heterocycles. The molecule has 0 saturated carbocycles. The zero-order valence-corrected chi connectivity index (χ0v) is 22.9. The summed E-state index contributed by atoms with van der Waals surface area (Å²) in [6.45, 7) is 14.6. The second-order valence-corrected chi connectivity index (χ2v) is 15.9. The van der Waals surface area contributed by atoms with Crippen LogP contribution in [0.4, 0.5) is 0 Å². The normalized spacial score (nSPS) is 25.3. The van der Waals surface area contributed by atoms with Crippen LogP contribution in [0.1, 0.15) is 59.9 Å². The van der Waals surface area contributed by atoms with E-state index in [1.807, 2.05) is 5.06 Å². The molecule has 5 nitrogen and oxygen atoms in total. The smallest absolute Gasteiger partial charge is 0.326 e. The Bertz CT molecular complexity index is 734. The predicted octanol–water partition coefficient (Wildman–Crippen LogP) is 5.92. The number of ether oxygens (including phenoxy) is 1. The summed E-state index contributed by atoms with van der Waals surface area (Å²) in [6, 6.07) is 9.17.